The molecule has 0 saturated heterocycles. The summed E-state index contributed by atoms with van der Waals surface area (Å²) in [7, 11) is 0. The van der Waals surface area contributed by atoms with Gasteiger partial charge in [0.2, 0.25) is 0 Å². The monoisotopic (exact) mass is 362 g/mol. The van der Waals surface area contributed by atoms with Crippen LogP contribution < -0.4 is 4.74 Å². The molecule has 21 heavy (non-hydrogen) atoms. The number of ether oxygens (including phenoxy) is 1. The van der Waals surface area contributed by atoms with Gasteiger partial charge in [-0.05, 0) is 42.2 Å². The van der Waals surface area contributed by atoms with Crippen molar-refractivity contribution in [1.82, 2.24) is 0 Å². The highest BCUT2D eigenvalue weighted by atomic mass is 79.9. The van der Waals surface area contributed by atoms with Gasteiger partial charge in [0.1, 0.15) is 5.75 Å². The molecule has 3 heteroatoms. The van der Waals surface area contributed by atoms with Crippen LogP contribution in [0, 0.1) is 13.8 Å². The van der Waals surface area contributed by atoms with Crippen LogP contribution >= 0.6 is 27.7 Å². The third kappa shape index (κ3) is 3.14. The molecule has 0 saturated carbocycles. The molecule has 0 fully saturated rings. The van der Waals surface area contributed by atoms with Gasteiger partial charge in [-0.1, -0.05) is 46.3 Å². The zero-order valence-corrected chi connectivity index (χ0v) is 14.8. The fraction of sp³-hybridized carbons (Fsp3) is 0.333. The lowest BCUT2D eigenvalue weighted by Crippen LogP contribution is -2.11. The van der Waals surface area contributed by atoms with Gasteiger partial charge in [-0.25, -0.2) is 0 Å². The molecule has 1 aliphatic heterocycles. The van der Waals surface area contributed by atoms with Crippen molar-refractivity contribution in [3.05, 3.63) is 58.7 Å². The van der Waals surface area contributed by atoms with Crippen molar-refractivity contribution in [2.24, 2.45) is 0 Å². The number of halogens is 1. The van der Waals surface area contributed by atoms with Crippen LogP contribution in [0.4, 0.5) is 0 Å². The molecule has 0 radical (unpaired) electrons. The molecule has 3 rings (SSSR count). The first kappa shape index (κ1) is 15.0. The van der Waals surface area contributed by atoms with Gasteiger partial charge in [0, 0.05) is 21.9 Å². The Morgan fingerprint density at radius 2 is 1.90 bits per heavy atom. The number of aryl methyl sites for hydroxylation is 2. The number of hydrogen-bond donors (Lipinski definition) is 0. The molecule has 1 nitrogen and oxygen atoms in total. The van der Waals surface area contributed by atoms with Crippen molar-refractivity contribution < 1.29 is 4.74 Å². The second-order valence-corrected chi connectivity index (χ2v) is 7.17. The molecule has 0 N–H and O–H groups in total. The standard InChI is InChI=1S/C18H19BrOS/c1-12-7-14(9-19)8-13(2)18(12)20-10-15-11-21-17-6-4-3-5-16(15)17/h3-8,15H,9-11H2,1-2H3. The Bertz CT molecular complexity index is 630. The van der Waals surface area contributed by atoms with Gasteiger partial charge in [-0.2, -0.15) is 0 Å². The third-order valence-corrected chi connectivity index (χ3v) is 5.80. The van der Waals surface area contributed by atoms with Gasteiger partial charge in [-0.15, -0.1) is 11.8 Å². The molecule has 0 spiro atoms. The van der Waals surface area contributed by atoms with Crippen molar-refractivity contribution in [1.29, 1.82) is 0 Å². The number of hydrogen-bond acceptors (Lipinski definition) is 2. The summed E-state index contributed by atoms with van der Waals surface area (Å²) in [5.41, 5.74) is 5.20. The number of benzene rings is 2. The summed E-state index contributed by atoms with van der Waals surface area (Å²) in [6.07, 6.45) is 0. The van der Waals surface area contributed by atoms with Crippen molar-refractivity contribution >= 4 is 27.7 Å². The molecule has 2 aromatic carbocycles. The minimum Gasteiger partial charge on any atom is -0.492 e. The largest absolute Gasteiger partial charge is 0.492 e. The van der Waals surface area contributed by atoms with Crippen molar-refractivity contribution in [3.8, 4) is 5.75 Å². The molecule has 1 aliphatic rings. The predicted molar refractivity (Wildman–Crippen MR) is 93.9 cm³/mol. The number of rotatable bonds is 4. The molecule has 1 unspecified atom stereocenters. The van der Waals surface area contributed by atoms with Crippen LogP contribution in [0.25, 0.3) is 0 Å². The Hall–Kier alpha value is -0.930. The first-order valence-corrected chi connectivity index (χ1v) is 9.30. The van der Waals surface area contributed by atoms with Gasteiger partial charge in [-0.3, -0.25) is 0 Å². The van der Waals surface area contributed by atoms with E-state index in [1.54, 1.807) is 0 Å². The summed E-state index contributed by atoms with van der Waals surface area (Å²) in [4.78, 5) is 1.41. The van der Waals surface area contributed by atoms with E-state index < -0.39 is 0 Å². The summed E-state index contributed by atoms with van der Waals surface area (Å²) in [6, 6.07) is 13.1. The summed E-state index contributed by atoms with van der Waals surface area (Å²) in [6.45, 7) is 5.02. The van der Waals surface area contributed by atoms with E-state index in [1.807, 2.05) is 11.8 Å². The minimum absolute atomic E-state index is 0.501. The lowest BCUT2D eigenvalue weighted by Gasteiger charge is -2.17. The van der Waals surface area contributed by atoms with Gasteiger partial charge < -0.3 is 4.74 Å². The predicted octanol–water partition coefficient (Wildman–Crippen LogP) is 5.47. The molecule has 1 atom stereocenters. The van der Waals surface area contributed by atoms with E-state index in [0.717, 1.165) is 23.4 Å². The molecule has 0 bridgehead atoms. The van der Waals surface area contributed by atoms with Crippen LogP contribution in [-0.4, -0.2) is 12.4 Å². The lowest BCUT2D eigenvalue weighted by molar-refractivity contribution is 0.294. The fourth-order valence-electron chi connectivity index (χ4n) is 2.90. The normalized spacial score (nSPS) is 16.8. The highest BCUT2D eigenvalue weighted by molar-refractivity contribution is 9.08. The molecule has 0 amide bonds. The molecule has 0 aromatic heterocycles. The molecular weight excluding hydrogens is 344 g/mol. The van der Waals surface area contributed by atoms with Crippen LogP contribution in [0.15, 0.2) is 41.3 Å². The maximum Gasteiger partial charge on any atom is 0.125 e. The Morgan fingerprint density at radius 3 is 2.62 bits per heavy atom. The van der Waals surface area contributed by atoms with E-state index in [-0.39, 0.29) is 0 Å². The topological polar surface area (TPSA) is 9.23 Å². The SMILES string of the molecule is Cc1cc(CBr)cc(C)c1OCC1CSc2ccccc21. The second kappa shape index (κ2) is 6.45. The second-order valence-electron chi connectivity index (χ2n) is 5.55. The first-order valence-electron chi connectivity index (χ1n) is 7.19. The lowest BCUT2D eigenvalue weighted by atomic mass is 10.0. The van der Waals surface area contributed by atoms with Crippen LogP contribution in [0.2, 0.25) is 0 Å². The van der Waals surface area contributed by atoms with Gasteiger partial charge in [0.15, 0.2) is 0 Å². The van der Waals surface area contributed by atoms with Crippen molar-refractivity contribution in [2.45, 2.75) is 30.0 Å². The number of thioether (sulfide) groups is 1. The minimum atomic E-state index is 0.501. The number of alkyl halides is 1. The maximum absolute atomic E-state index is 6.18. The van der Waals surface area contributed by atoms with E-state index in [0.29, 0.717) is 5.92 Å². The van der Waals surface area contributed by atoms with E-state index in [4.69, 9.17) is 4.74 Å². The third-order valence-electron chi connectivity index (χ3n) is 3.90. The Morgan fingerprint density at radius 1 is 1.19 bits per heavy atom. The average molecular weight is 363 g/mol. The van der Waals surface area contributed by atoms with E-state index in [9.17, 15) is 0 Å². The summed E-state index contributed by atoms with van der Waals surface area (Å²) in [5, 5.41) is 0.890. The van der Waals surface area contributed by atoms with Gasteiger partial charge in [0.25, 0.3) is 0 Å². The molecule has 1 heterocycles. The van der Waals surface area contributed by atoms with Crippen molar-refractivity contribution in [3.63, 3.8) is 0 Å². The first-order chi connectivity index (χ1) is 10.2. The highest BCUT2D eigenvalue weighted by Gasteiger charge is 2.23. The van der Waals surface area contributed by atoms with E-state index >= 15 is 0 Å². The fourth-order valence-corrected chi connectivity index (χ4v) is 4.45. The average Bonchev–Trinajstić information content (AvgIpc) is 2.89. The summed E-state index contributed by atoms with van der Waals surface area (Å²) < 4.78 is 6.18. The Kier molecular flexibility index (Phi) is 4.60. The highest BCUT2D eigenvalue weighted by Crippen LogP contribution is 2.39. The summed E-state index contributed by atoms with van der Waals surface area (Å²) in [5.74, 6) is 2.67. The van der Waals surface area contributed by atoms with E-state index in [1.165, 1.54) is 27.1 Å². The Labute approximate surface area is 139 Å². The molecule has 0 aliphatic carbocycles. The molecule has 110 valence electrons. The van der Waals surface area contributed by atoms with Gasteiger partial charge in [0.05, 0.1) is 6.61 Å². The van der Waals surface area contributed by atoms with Crippen LogP contribution in [0.3, 0.4) is 0 Å². The number of fused-ring (bicyclic) bond motifs is 1. The zero-order chi connectivity index (χ0) is 14.8. The van der Waals surface area contributed by atoms with Crippen molar-refractivity contribution in [2.75, 3.05) is 12.4 Å². The Balaban J connectivity index is 1.75. The summed E-state index contributed by atoms with van der Waals surface area (Å²) >= 11 is 5.46. The van der Waals surface area contributed by atoms with Crippen LogP contribution in [0.5, 0.6) is 5.75 Å². The maximum atomic E-state index is 6.18. The van der Waals surface area contributed by atoms with Gasteiger partial charge >= 0.3 is 0 Å². The molecular formula is C18H19BrOS. The van der Waals surface area contributed by atoms with E-state index in [2.05, 4.69) is 66.2 Å². The quantitative estimate of drug-likeness (QED) is 0.667. The smallest absolute Gasteiger partial charge is 0.125 e. The zero-order valence-electron chi connectivity index (χ0n) is 12.4. The van der Waals surface area contributed by atoms with Crippen LogP contribution in [-0.2, 0) is 5.33 Å². The molecule has 2 aromatic rings. The van der Waals surface area contributed by atoms with Crippen LogP contribution in [0.1, 0.15) is 28.2 Å².